The van der Waals surface area contributed by atoms with E-state index in [-0.39, 0.29) is 30.2 Å². The lowest BCUT2D eigenvalue weighted by Gasteiger charge is -2.54. The number of ether oxygens (including phenoxy) is 1. The summed E-state index contributed by atoms with van der Waals surface area (Å²) in [6, 6.07) is 1.16. The van der Waals surface area contributed by atoms with Crippen molar-refractivity contribution in [1.82, 2.24) is 0 Å². The molecule has 1 aromatic rings. The van der Waals surface area contributed by atoms with Gasteiger partial charge in [-0.15, -0.1) is 6.42 Å². The van der Waals surface area contributed by atoms with Crippen molar-refractivity contribution in [3.63, 3.8) is 0 Å². The summed E-state index contributed by atoms with van der Waals surface area (Å²) in [7, 11) is 0. The normalized spacial score (nSPS) is 35.1. The van der Waals surface area contributed by atoms with Gasteiger partial charge in [-0.25, -0.2) is 0 Å². The number of carbonyl (C=O) groups is 1. The second-order valence-corrected chi connectivity index (χ2v) is 9.30. The number of phenolic OH excluding ortho intramolecular Hbond substituents is 1. The average Bonchev–Trinajstić information content (AvgIpc) is 2.98. The second kappa shape index (κ2) is 7.17. The van der Waals surface area contributed by atoms with E-state index in [2.05, 4.69) is 5.92 Å². The number of rotatable bonds is 3. The third-order valence-corrected chi connectivity index (χ3v) is 7.98. The Morgan fingerprint density at radius 2 is 2.00 bits per heavy atom. The van der Waals surface area contributed by atoms with E-state index < -0.39 is 56.0 Å². The van der Waals surface area contributed by atoms with Crippen molar-refractivity contribution in [2.45, 2.75) is 63.6 Å². The fourth-order valence-electron chi connectivity index (χ4n) is 6.77. The molecule has 4 rings (SSSR count). The summed E-state index contributed by atoms with van der Waals surface area (Å²) in [6.45, 7) is 3.20. The molecule has 3 aliphatic rings. The molecule has 0 saturated heterocycles. The Hall–Kier alpha value is -3.19. The topological polar surface area (TPSA) is 153 Å². The number of benzene rings is 1. The van der Waals surface area contributed by atoms with Gasteiger partial charge in [0.25, 0.3) is 5.75 Å². The number of hydrogen-bond donors (Lipinski definition) is 2. The summed E-state index contributed by atoms with van der Waals surface area (Å²) >= 11 is 0. The smallest absolute Gasteiger partial charge is 0.321 e. The standard InChI is InChI=1S/C22H24N2O8/c1-4-22(32-11(2)25)8-7-15-13-6-5-12-14(18(13)17(26)10-21(15,22)3)9-16(23(28)29)20(27)19(12)24(30)31/h1,9,13,15,17-18,26-27H,5-8,10H2,2-3H3/t13-,15-,17+,18-,21-,22-/m0/s1. The molecular weight excluding hydrogens is 420 g/mol. The lowest BCUT2D eigenvalue weighted by atomic mass is 9.52. The van der Waals surface area contributed by atoms with Crippen LogP contribution in [-0.2, 0) is 16.0 Å². The highest BCUT2D eigenvalue weighted by Gasteiger charge is 2.66. The van der Waals surface area contributed by atoms with Gasteiger partial charge in [-0.1, -0.05) is 12.8 Å². The number of nitro benzene ring substituents is 2. The zero-order valence-corrected chi connectivity index (χ0v) is 17.7. The van der Waals surface area contributed by atoms with Crippen LogP contribution in [0.25, 0.3) is 0 Å². The van der Waals surface area contributed by atoms with Crippen LogP contribution in [0.15, 0.2) is 6.07 Å². The minimum absolute atomic E-state index is 0.0497. The number of phenols is 1. The number of esters is 1. The Labute approximate surface area is 183 Å². The maximum atomic E-state index is 11.8. The highest BCUT2D eigenvalue weighted by molar-refractivity contribution is 5.68. The molecule has 2 fully saturated rings. The minimum Gasteiger partial charge on any atom is -0.497 e. The molecule has 0 spiro atoms. The molecule has 0 aromatic heterocycles. The van der Waals surface area contributed by atoms with Crippen LogP contribution in [0.2, 0.25) is 0 Å². The van der Waals surface area contributed by atoms with Crippen LogP contribution in [0.5, 0.6) is 5.75 Å². The van der Waals surface area contributed by atoms with Crippen LogP contribution < -0.4 is 0 Å². The van der Waals surface area contributed by atoms with E-state index in [1.165, 1.54) is 6.92 Å². The van der Waals surface area contributed by atoms with Crippen LogP contribution >= 0.6 is 0 Å². The summed E-state index contributed by atoms with van der Waals surface area (Å²) in [6.07, 6.45) is 6.79. The Kier molecular flexibility index (Phi) is 4.93. The van der Waals surface area contributed by atoms with Crippen molar-refractivity contribution < 1.29 is 29.6 Å². The molecule has 3 aliphatic carbocycles. The summed E-state index contributed by atoms with van der Waals surface area (Å²) in [4.78, 5) is 33.3. The molecule has 170 valence electrons. The largest absolute Gasteiger partial charge is 0.497 e. The van der Waals surface area contributed by atoms with E-state index in [1.807, 2.05) is 6.92 Å². The molecule has 32 heavy (non-hydrogen) atoms. The lowest BCUT2D eigenvalue weighted by Crippen LogP contribution is -2.55. The van der Waals surface area contributed by atoms with Crippen LogP contribution in [0.4, 0.5) is 11.4 Å². The number of nitro groups is 2. The molecule has 10 heteroatoms. The summed E-state index contributed by atoms with van der Waals surface area (Å²) in [5, 5.41) is 44.6. The number of hydrogen-bond acceptors (Lipinski definition) is 8. The van der Waals surface area contributed by atoms with Crippen molar-refractivity contribution in [3.8, 4) is 18.1 Å². The van der Waals surface area contributed by atoms with Gasteiger partial charge in [-0.2, -0.15) is 0 Å². The SMILES string of the molecule is C#C[C@]1(OC(C)=O)CC[C@H]2[C@@H]3CCc4c(cc([N+](=O)[O-])c(O)c4[N+](=O)[O-])[C@H]3[C@H](O)C[C@@]21C. The Morgan fingerprint density at radius 3 is 2.56 bits per heavy atom. The summed E-state index contributed by atoms with van der Waals surface area (Å²) in [5.74, 6) is 0.414. The zero-order chi connectivity index (χ0) is 23.6. The zero-order valence-electron chi connectivity index (χ0n) is 17.7. The minimum atomic E-state index is -1.16. The molecule has 0 bridgehead atoms. The number of aliphatic hydroxyl groups excluding tert-OH is 1. The predicted octanol–water partition coefficient (Wildman–Crippen LogP) is 2.97. The number of nitrogens with zero attached hydrogens (tertiary/aromatic N) is 2. The molecule has 6 atom stereocenters. The molecule has 2 saturated carbocycles. The number of carbonyl (C=O) groups excluding carboxylic acids is 1. The molecule has 10 nitrogen and oxygen atoms in total. The van der Waals surface area contributed by atoms with Gasteiger partial charge in [0.05, 0.1) is 16.0 Å². The Bertz CT molecular complexity index is 1080. The van der Waals surface area contributed by atoms with Crippen molar-refractivity contribution in [1.29, 1.82) is 0 Å². The first-order valence-electron chi connectivity index (χ1n) is 10.5. The first-order chi connectivity index (χ1) is 15.0. The monoisotopic (exact) mass is 444 g/mol. The van der Waals surface area contributed by atoms with Gasteiger partial charge in [0.2, 0.25) is 0 Å². The first-order valence-corrected chi connectivity index (χ1v) is 10.5. The molecule has 0 aliphatic heterocycles. The molecule has 0 unspecified atom stereocenters. The Morgan fingerprint density at radius 1 is 1.31 bits per heavy atom. The van der Waals surface area contributed by atoms with Gasteiger partial charge < -0.3 is 14.9 Å². The fourth-order valence-corrected chi connectivity index (χ4v) is 6.77. The Balaban J connectivity index is 1.85. The van der Waals surface area contributed by atoms with Crippen molar-refractivity contribution in [2.24, 2.45) is 17.3 Å². The number of fused-ring (bicyclic) bond motifs is 5. The highest BCUT2D eigenvalue weighted by atomic mass is 16.6. The van der Waals surface area contributed by atoms with Gasteiger partial charge in [0, 0.05) is 29.9 Å². The van der Waals surface area contributed by atoms with Crippen molar-refractivity contribution >= 4 is 17.3 Å². The number of aliphatic hydroxyl groups is 1. The first kappa shape index (κ1) is 22.0. The number of terminal acetylenes is 1. The third-order valence-electron chi connectivity index (χ3n) is 7.98. The third kappa shape index (κ3) is 2.80. The van der Waals surface area contributed by atoms with E-state index in [0.29, 0.717) is 24.8 Å². The highest BCUT2D eigenvalue weighted by Crippen LogP contribution is 2.66. The van der Waals surface area contributed by atoms with E-state index in [1.54, 1.807) is 0 Å². The molecule has 0 amide bonds. The van der Waals surface area contributed by atoms with Gasteiger partial charge >= 0.3 is 17.3 Å². The summed E-state index contributed by atoms with van der Waals surface area (Å²) in [5.41, 5.74) is -2.73. The molecule has 1 aromatic carbocycles. The van der Waals surface area contributed by atoms with Crippen LogP contribution in [0, 0.1) is 49.8 Å². The summed E-state index contributed by atoms with van der Waals surface area (Å²) < 4.78 is 5.64. The van der Waals surface area contributed by atoms with Gasteiger partial charge in [0.1, 0.15) is 0 Å². The second-order valence-electron chi connectivity index (χ2n) is 9.30. The fraction of sp³-hybridized carbons (Fsp3) is 0.591. The van der Waals surface area contributed by atoms with Crippen LogP contribution in [0.3, 0.4) is 0 Å². The van der Waals surface area contributed by atoms with E-state index in [4.69, 9.17) is 11.2 Å². The maximum absolute atomic E-state index is 11.8. The van der Waals surface area contributed by atoms with E-state index in [0.717, 1.165) is 6.07 Å². The molecular formula is C22H24N2O8. The lowest BCUT2D eigenvalue weighted by molar-refractivity contribution is -0.396. The van der Waals surface area contributed by atoms with Gasteiger partial charge in [-0.05, 0) is 49.5 Å². The van der Waals surface area contributed by atoms with Crippen LogP contribution in [0.1, 0.15) is 56.6 Å². The quantitative estimate of drug-likeness (QED) is 0.312. The van der Waals surface area contributed by atoms with Crippen molar-refractivity contribution in [3.05, 3.63) is 37.4 Å². The predicted molar refractivity (Wildman–Crippen MR) is 111 cm³/mol. The van der Waals surface area contributed by atoms with E-state index in [9.17, 15) is 35.2 Å². The van der Waals surface area contributed by atoms with E-state index >= 15 is 0 Å². The molecule has 0 radical (unpaired) electrons. The van der Waals surface area contributed by atoms with Gasteiger partial charge in [0.15, 0.2) is 5.60 Å². The van der Waals surface area contributed by atoms with Gasteiger partial charge in [-0.3, -0.25) is 25.0 Å². The average molecular weight is 444 g/mol. The maximum Gasteiger partial charge on any atom is 0.321 e. The van der Waals surface area contributed by atoms with Crippen LogP contribution in [-0.4, -0.2) is 37.7 Å². The molecule has 2 N–H and O–H groups in total. The molecule has 0 heterocycles. The number of aromatic hydroxyl groups is 1. The van der Waals surface area contributed by atoms with Crippen molar-refractivity contribution in [2.75, 3.05) is 0 Å².